The molecule has 2 aromatic heterocycles. The van der Waals surface area contributed by atoms with E-state index in [4.69, 9.17) is 15.6 Å². The molecule has 1 amide bonds. The first-order chi connectivity index (χ1) is 9.16. The lowest BCUT2D eigenvalue weighted by Gasteiger charge is -2.16. The van der Waals surface area contributed by atoms with E-state index in [9.17, 15) is 4.79 Å². The maximum atomic E-state index is 10.8. The number of nitrogens with two attached hydrogens (primary N) is 1. The molecule has 3 rings (SSSR count). The molecule has 19 heavy (non-hydrogen) atoms. The standard InChI is InChI=1S/C7H6N2O2.C5H6N2O/c10-7-4-11-6-3-8-2-1-5(6)9-7;6-4-1-2-7-3-5(4)8/h1-3H,4H2,(H,9,10);1-3,8H,(H2,6,7). The maximum absolute atomic E-state index is 10.8. The quantitative estimate of drug-likeness (QED) is 0.645. The number of fused-ring (bicyclic) bond motifs is 1. The van der Waals surface area contributed by atoms with Crippen molar-refractivity contribution in [2.45, 2.75) is 0 Å². The zero-order valence-electron chi connectivity index (χ0n) is 9.91. The summed E-state index contributed by atoms with van der Waals surface area (Å²) < 4.78 is 5.06. The molecule has 0 radical (unpaired) electrons. The van der Waals surface area contributed by atoms with Gasteiger partial charge in [0.2, 0.25) is 0 Å². The molecule has 3 heterocycles. The van der Waals surface area contributed by atoms with Gasteiger partial charge in [0, 0.05) is 12.4 Å². The van der Waals surface area contributed by atoms with Gasteiger partial charge in [-0.3, -0.25) is 14.8 Å². The van der Waals surface area contributed by atoms with Crippen molar-refractivity contribution in [3.8, 4) is 11.5 Å². The molecule has 1 aliphatic heterocycles. The van der Waals surface area contributed by atoms with E-state index in [-0.39, 0.29) is 18.3 Å². The minimum absolute atomic E-state index is 0.0347. The fraction of sp³-hybridized carbons (Fsp3) is 0.0833. The van der Waals surface area contributed by atoms with Crippen LogP contribution in [0.15, 0.2) is 36.9 Å². The van der Waals surface area contributed by atoms with Crippen LogP contribution in [0.2, 0.25) is 0 Å². The number of rotatable bonds is 0. The van der Waals surface area contributed by atoms with Crippen LogP contribution in [-0.2, 0) is 4.79 Å². The van der Waals surface area contributed by atoms with E-state index < -0.39 is 0 Å². The number of nitrogens with one attached hydrogen (secondary N) is 1. The van der Waals surface area contributed by atoms with Gasteiger partial charge in [0.15, 0.2) is 18.1 Å². The molecule has 98 valence electrons. The fourth-order valence-electron chi connectivity index (χ4n) is 1.32. The van der Waals surface area contributed by atoms with Crippen LogP contribution in [0.5, 0.6) is 11.5 Å². The van der Waals surface area contributed by atoms with Gasteiger partial charge in [-0.1, -0.05) is 0 Å². The van der Waals surface area contributed by atoms with E-state index >= 15 is 0 Å². The number of amides is 1. The van der Waals surface area contributed by atoms with E-state index in [2.05, 4.69) is 15.3 Å². The number of hydrogen-bond donors (Lipinski definition) is 3. The average Bonchev–Trinajstić information content (AvgIpc) is 2.43. The summed E-state index contributed by atoms with van der Waals surface area (Å²) in [6, 6.07) is 3.24. The first-order valence-corrected chi connectivity index (χ1v) is 5.42. The van der Waals surface area contributed by atoms with Crippen molar-refractivity contribution in [1.29, 1.82) is 0 Å². The third-order valence-corrected chi connectivity index (χ3v) is 2.25. The predicted molar refractivity (Wildman–Crippen MR) is 68.7 cm³/mol. The fourth-order valence-corrected chi connectivity index (χ4v) is 1.32. The van der Waals surface area contributed by atoms with Crippen LogP contribution < -0.4 is 15.8 Å². The Labute approximate surface area is 109 Å². The van der Waals surface area contributed by atoms with E-state index in [0.29, 0.717) is 17.1 Å². The second-order valence-electron chi connectivity index (χ2n) is 3.64. The zero-order valence-corrected chi connectivity index (χ0v) is 9.91. The number of pyridine rings is 2. The highest BCUT2D eigenvalue weighted by Gasteiger charge is 2.14. The highest BCUT2D eigenvalue weighted by molar-refractivity contribution is 5.95. The molecular formula is C12H12N4O3. The number of nitrogens with zero attached hydrogens (tertiary/aromatic N) is 2. The molecule has 0 saturated carbocycles. The maximum Gasteiger partial charge on any atom is 0.262 e. The van der Waals surface area contributed by atoms with E-state index in [1.54, 1.807) is 18.5 Å². The number of nitrogen functional groups attached to an aromatic ring is 1. The van der Waals surface area contributed by atoms with Crippen LogP contribution in [0, 0.1) is 0 Å². The molecule has 4 N–H and O–H groups in total. The summed E-state index contributed by atoms with van der Waals surface area (Å²) in [4.78, 5) is 18.2. The van der Waals surface area contributed by atoms with Gasteiger partial charge in [-0.15, -0.1) is 0 Å². The number of carbonyl (C=O) groups excluding carboxylic acids is 1. The van der Waals surface area contributed by atoms with Crippen LogP contribution in [-0.4, -0.2) is 27.6 Å². The molecule has 0 bridgehead atoms. The van der Waals surface area contributed by atoms with Gasteiger partial charge in [0.25, 0.3) is 5.91 Å². The normalized spacial score (nSPS) is 12.3. The first-order valence-electron chi connectivity index (χ1n) is 5.42. The van der Waals surface area contributed by atoms with Crippen LogP contribution in [0.25, 0.3) is 0 Å². The largest absolute Gasteiger partial charge is 0.504 e. The van der Waals surface area contributed by atoms with Gasteiger partial charge in [0.1, 0.15) is 0 Å². The monoisotopic (exact) mass is 260 g/mol. The van der Waals surface area contributed by atoms with Crippen molar-refractivity contribution in [2.24, 2.45) is 0 Å². The van der Waals surface area contributed by atoms with E-state index in [1.807, 2.05) is 0 Å². The van der Waals surface area contributed by atoms with Crippen LogP contribution in [0.4, 0.5) is 11.4 Å². The Morgan fingerprint density at radius 1 is 1.26 bits per heavy atom. The molecule has 0 spiro atoms. The lowest BCUT2D eigenvalue weighted by atomic mass is 10.3. The van der Waals surface area contributed by atoms with Crippen LogP contribution in [0.3, 0.4) is 0 Å². The van der Waals surface area contributed by atoms with Gasteiger partial charge in [-0.2, -0.15) is 0 Å². The van der Waals surface area contributed by atoms with Crippen molar-refractivity contribution >= 4 is 17.3 Å². The number of ether oxygens (including phenoxy) is 1. The Morgan fingerprint density at radius 2 is 2.00 bits per heavy atom. The molecule has 0 aliphatic carbocycles. The summed E-state index contributed by atoms with van der Waals surface area (Å²) in [7, 11) is 0. The van der Waals surface area contributed by atoms with Gasteiger partial charge in [-0.25, -0.2) is 0 Å². The summed E-state index contributed by atoms with van der Waals surface area (Å²) in [5, 5.41) is 11.4. The van der Waals surface area contributed by atoms with Crippen molar-refractivity contribution in [2.75, 3.05) is 17.7 Å². The lowest BCUT2D eigenvalue weighted by molar-refractivity contribution is -0.118. The predicted octanol–water partition coefficient (Wildman–Crippen LogP) is 0.782. The Kier molecular flexibility index (Phi) is 3.77. The molecule has 7 nitrogen and oxygen atoms in total. The van der Waals surface area contributed by atoms with Gasteiger partial charge in [-0.05, 0) is 12.1 Å². The molecule has 0 unspecified atom stereocenters. The molecule has 1 aliphatic rings. The number of carbonyl (C=O) groups is 1. The van der Waals surface area contributed by atoms with Gasteiger partial charge >= 0.3 is 0 Å². The molecule has 0 atom stereocenters. The molecule has 0 fully saturated rings. The zero-order chi connectivity index (χ0) is 13.7. The summed E-state index contributed by atoms with van der Waals surface area (Å²) in [5.41, 5.74) is 6.28. The minimum Gasteiger partial charge on any atom is -0.504 e. The van der Waals surface area contributed by atoms with E-state index in [1.165, 1.54) is 18.5 Å². The molecule has 0 aromatic carbocycles. The van der Waals surface area contributed by atoms with Gasteiger partial charge < -0.3 is 20.9 Å². The topological polar surface area (TPSA) is 110 Å². The number of aromatic hydroxyl groups is 1. The molecule has 2 aromatic rings. The van der Waals surface area contributed by atoms with Gasteiger partial charge in [0.05, 0.1) is 23.8 Å². The summed E-state index contributed by atoms with van der Waals surface area (Å²) in [5.74, 6) is 0.545. The van der Waals surface area contributed by atoms with Crippen molar-refractivity contribution in [3.63, 3.8) is 0 Å². The molecule has 0 saturated heterocycles. The van der Waals surface area contributed by atoms with E-state index in [0.717, 1.165) is 0 Å². The summed E-state index contributed by atoms with van der Waals surface area (Å²) in [6.45, 7) is 0.0820. The third-order valence-electron chi connectivity index (χ3n) is 2.25. The second-order valence-corrected chi connectivity index (χ2v) is 3.64. The van der Waals surface area contributed by atoms with Crippen molar-refractivity contribution in [1.82, 2.24) is 9.97 Å². The van der Waals surface area contributed by atoms with Crippen LogP contribution >= 0.6 is 0 Å². The number of hydrogen-bond acceptors (Lipinski definition) is 6. The second kappa shape index (κ2) is 5.67. The summed E-state index contributed by atoms with van der Waals surface area (Å²) >= 11 is 0. The molecule has 7 heteroatoms. The van der Waals surface area contributed by atoms with Crippen LogP contribution in [0.1, 0.15) is 0 Å². The Bertz CT molecular complexity index is 568. The SMILES string of the molecule is Nc1ccncc1O.O=C1COc2cnccc2N1. The third kappa shape index (κ3) is 3.32. The number of anilines is 2. The highest BCUT2D eigenvalue weighted by Crippen LogP contribution is 2.24. The molecular weight excluding hydrogens is 248 g/mol. The average molecular weight is 260 g/mol. The lowest BCUT2D eigenvalue weighted by Crippen LogP contribution is -2.25. The minimum atomic E-state index is -0.122. The Morgan fingerprint density at radius 3 is 2.68 bits per heavy atom. The number of aromatic nitrogens is 2. The first kappa shape index (κ1) is 12.6. The van der Waals surface area contributed by atoms with Crippen molar-refractivity contribution < 1.29 is 14.6 Å². The highest BCUT2D eigenvalue weighted by atomic mass is 16.5. The smallest absolute Gasteiger partial charge is 0.262 e. The van der Waals surface area contributed by atoms with Crippen molar-refractivity contribution in [3.05, 3.63) is 36.9 Å². The summed E-state index contributed by atoms with van der Waals surface area (Å²) in [6.07, 6.45) is 6.01. The Balaban J connectivity index is 0.000000148. The Hall–Kier alpha value is -2.83.